The Morgan fingerprint density at radius 3 is 2.52 bits per heavy atom. The molecule has 1 aliphatic carbocycles. The number of hydrogen-bond acceptors (Lipinski definition) is 6. The number of nitrogens with zero attached hydrogens (tertiary/aromatic N) is 3. The molecular formula is C25H22N4O3S. The minimum Gasteiger partial charge on any atom is -0.455 e. The molecule has 5 rings (SSSR count). The third kappa shape index (κ3) is 5.18. The Bertz CT molecular complexity index is 1260. The molecule has 0 radical (unpaired) electrons. The van der Waals surface area contributed by atoms with E-state index in [4.69, 9.17) is 4.74 Å². The molecule has 0 saturated heterocycles. The number of thiazole rings is 1. The molecule has 2 aromatic heterocycles. The van der Waals surface area contributed by atoms with Gasteiger partial charge in [-0.3, -0.25) is 9.59 Å². The minimum atomic E-state index is -0.495. The van der Waals surface area contributed by atoms with Gasteiger partial charge in [0.1, 0.15) is 10.8 Å². The van der Waals surface area contributed by atoms with Crippen LogP contribution in [0.3, 0.4) is 0 Å². The van der Waals surface area contributed by atoms with Crippen LogP contribution in [-0.4, -0.2) is 33.2 Å². The number of para-hydroxylation sites is 1. The minimum absolute atomic E-state index is 0.0182. The highest BCUT2D eigenvalue weighted by Crippen LogP contribution is 2.40. The van der Waals surface area contributed by atoms with Gasteiger partial charge in [-0.25, -0.2) is 9.67 Å². The van der Waals surface area contributed by atoms with Gasteiger partial charge in [0.05, 0.1) is 23.5 Å². The Morgan fingerprint density at radius 2 is 1.79 bits per heavy atom. The summed E-state index contributed by atoms with van der Waals surface area (Å²) in [5.41, 5.74) is 3.45. The smallest absolute Gasteiger partial charge is 0.312 e. The third-order valence-electron chi connectivity index (χ3n) is 5.25. The quantitative estimate of drug-likeness (QED) is 0.390. The topological polar surface area (TPSA) is 86.1 Å². The molecule has 33 heavy (non-hydrogen) atoms. The lowest BCUT2D eigenvalue weighted by atomic mass is 10.2. The number of carbonyl (C=O) groups excluding carboxylic acids is 2. The Kier molecular flexibility index (Phi) is 5.99. The largest absolute Gasteiger partial charge is 0.455 e. The molecule has 2 aromatic carbocycles. The van der Waals surface area contributed by atoms with Crippen molar-refractivity contribution in [2.24, 2.45) is 0 Å². The fourth-order valence-corrected chi connectivity index (χ4v) is 4.28. The predicted octanol–water partition coefficient (Wildman–Crippen LogP) is 4.60. The van der Waals surface area contributed by atoms with Gasteiger partial charge in [0.2, 0.25) is 0 Å². The molecule has 166 valence electrons. The van der Waals surface area contributed by atoms with E-state index in [1.807, 2.05) is 72.1 Å². The number of hydrogen-bond donors (Lipinski definition) is 1. The zero-order chi connectivity index (χ0) is 22.6. The van der Waals surface area contributed by atoms with Crippen LogP contribution in [0.2, 0.25) is 0 Å². The molecule has 1 N–H and O–H groups in total. The fourth-order valence-electron chi connectivity index (χ4n) is 3.46. The van der Waals surface area contributed by atoms with Gasteiger partial charge < -0.3 is 10.1 Å². The van der Waals surface area contributed by atoms with Gasteiger partial charge in [0, 0.05) is 22.9 Å². The second-order valence-corrected chi connectivity index (χ2v) is 8.73. The first-order valence-corrected chi connectivity index (χ1v) is 11.6. The molecule has 0 aliphatic heterocycles. The number of rotatable bonds is 8. The van der Waals surface area contributed by atoms with Gasteiger partial charge in [0.25, 0.3) is 5.91 Å². The van der Waals surface area contributed by atoms with E-state index in [0.717, 1.165) is 34.8 Å². The van der Waals surface area contributed by atoms with E-state index in [-0.39, 0.29) is 13.0 Å². The Morgan fingerprint density at radius 1 is 1.06 bits per heavy atom. The van der Waals surface area contributed by atoms with E-state index in [2.05, 4.69) is 15.4 Å². The van der Waals surface area contributed by atoms with Crippen LogP contribution in [0.4, 0.5) is 5.82 Å². The third-order valence-corrected chi connectivity index (χ3v) is 6.19. The van der Waals surface area contributed by atoms with E-state index >= 15 is 0 Å². The summed E-state index contributed by atoms with van der Waals surface area (Å²) >= 11 is 1.47. The van der Waals surface area contributed by atoms with Crippen molar-refractivity contribution in [2.45, 2.75) is 25.2 Å². The Labute approximate surface area is 195 Å². The van der Waals surface area contributed by atoms with Gasteiger partial charge in [0.15, 0.2) is 6.61 Å². The van der Waals surface area contributed by atoms with Crippen molar-refractivity contribution in [1.29, 1.82) is 0 Å². The van der Waals surface area contributed by atoms with Crippen LogP contribution in [0.5, 0.6) is 0 Å². The molecule has 1 fully saturated rings. The molecule has 7 nitrogen and oxygen atoms in total. The monoisotopic (exact) mass is 458 g/mol. The molecule has 1 amide bonds. The molecule has 4 aromatic rings. The number of nitrogens with one attached hydrogen (secondary N) is 1. The number of amides is 1. The second kappa shape index (κ2) is 9.38. The van der Waals surface area contributed by atoms with Crippen molar-refractivity contribution in [2.75, 3.05) is 11.9 Å². The van der Waals surface area contributed by atoms with E-state index in [0.29, 0.717) is 17.4 Å². The molecule has 0 spiro atoms. The summed E-state index contributed by atoms with van der Waals surface area (Å²) < 4.78 is 6.91. The lowest BCUT2D eigenvalue weighted by molar-refractivity contribution is -0.146. The summed E-state index contributed by atoms with van der Waals surface area (Å²) in [6.07, 6.45) is 2.24. The van der Waals surface area contributed by atoms with E-state index in [9.17, 15) is 9.59 Å². The average molecular weight is 459 g/mol. The van der Waals surface area contributed by atoms with Crippen LogP contribution < -0.4 is 5.32 Å². The summed E-state index contributed by atoms with van der Waals surface area (Å²) in [5, 5.41) is 10.2. The molecule has 0 bridgehead atoms. The van der Waals surface area contributed by atoms with Gasteiger partial charge in [-0.15, -0.1) is 11.3 Å². The number of ether oxygens (including phenoxy) is 1. The Balaban J connectivity index is 1.18. The molecule has 0 unspecified atom stereocenters. The van der Waals surface area contributed by atoms with Crippen molar-refractivity contribution < 1.29 is 14.3 Å². The van der Waals surface area contributed by atoms with Gasteiger partial charge in [-0.2, -0.15) is 5.10 Å². The highest BCUT2D eigenvalue weighted by Gasteiger charge is 2.28. The summed E-state index contributed by atoms with van der Waals surface area (Å²) in [6.45, 7) is -0.368. The van der Waals surface area contributed by atoms with Crippen LogP contribution in [0.1, 0.15) is 30.1 Å². The molecule has 1 saturated carbocycles. The fraction of sp³-hybridized carbons (Fsp3) is 0.200. The van der Waals surface area contributed by atoms with Crippen LogP contribution in [0, 0.1) is 0 Å². The van der Waals surface area contributed by atoms with Crippen LogP contribution in [-0.2, 0) is 20.7 Å². The van der Waals surface area contributed by atoms with E-state index in [1.54, 1.807) is 4.68 Å². The first kappa shape index (κ1) is 21.1. The summed E-state index contributed by atoms with van der Waals surface area (Å²) in [7, 11) is 0. The highest BCUT2D eigenvalue weighted by molar-refractivity contribution is 7.13. The molecule has 0 atom stereocenters. The van der Waals surface area contributed by atoms with Crippen molar-refractivity contribution in [3.63, 3.8) is 0 Å². The molecule has 2 heterocycles. The lowest BCUT2D eigenvalue weighted by Crippen LogP contribution is -2.23. The lowest BCUT2D eigenvalue weighted by Gasteiger charge is -2.09. The van der Waals surface area contributed by atoms with Crippen molar-refractivity contribution in [3.05, 3.63) is 83.5 Å². The molecule has 8 heteroatoms. The Hall–Kier alpha value is -3.78. The number of benzene rings is 2. The van der Waals surface area contributed by atoms with Crippen LogP contribution >= 0.6 is 11.3 Å². The number of anilines is 1. The van der Waals surface area contributed by atoms with E-state index in [1.165, 1.54) is 11.3 Å². The average Bonchev–Trinajstić information content (AvgIpc) is 3.45. The molecule has 1 aliphatic rings. The first-order valence-electron chi connectivity index (χ1n) is 10.8. The standard InChI is InChI=1S/C25H22N4O3S/c30-23(15-32-24(31)13-19-16-33-25(26-19)18-7-3-1-4-8-18)27-22-14-21(17-11-12-17)28-29(22)20-9-5-2-6-10-20/h1-10,14,16-17H,11-13,15H2,(H,27,30). The first-order chi connectivity index (χ1) is 16.2. The maximum absolute atomic E-state index is 12.5. The van der Waals surface area contributed by atoms with Crippen molar-refractivity contribution in [1.82, 2.24) is 14.8 Å². The second-order valence-electron chi connectivity index (χ2n) is 7.87. The van der Waals surface area contributed by atoms with Gasteiger partial charge >= 0.3 is 5.97 Å². The summed E-state index contributed by atoms with van der Waals surface area (Å²) in [4.78, 5) is 29.2. The zero-order valence-corrected chi connectivity index (χ0v) is 18.6. The highest BCUT2D eigenvalue weighted by atomic mass is 32.1. The van der Waals surface area contributed by atoms with Crippen molar-refractivity contribution >= 4 is 29.0 Å². The molecular weight excluding hydrogens is 436 g/mol. The zero-order valence-electron chi connectivity index (χ0n) is 17.8. The number of aromatic nitrogens is 3. The SMILES string of the molecule is O=C(COC(=O)Cc1csc(-c2ccccc2)n1)Nc1cc(C2CC2)nn1-c1ccccc1. The summed E-state index contributed by atoms with van der Waals surface area (Å²) in [6, 6.07) is 21.3. The maximum atomic E-state index is 12.5. The van der Waals surface area contributed by atoms with Crippen molar-refractivity contribution in [3.8, 4) is 16.3 Å². The number of esters is 1. The summed E-state index contributed by atoms with van der Waals surface area (Å²) in [5.74, 6) is 0.106. The van der Waals surface area contributed by atoms with Crippen LogP contribution in [0.15, 0.2) is 72.1 Å². The van der Waals surface area contributed by atoms with Gasteiger partial charge in [-0.05, 0) is 25.0 Å². The maximum Gasteiger partial charge on any atom is 0.312 e. The normalized spacial score (nSPS) is 13.0. The number of carbonyl (C=O) groups is 2. The van der Waals surface area contributed by atoms with Crippen LogP contribution in [0.25, 0.3) is 16.3 Å². The van der Waals surface area contributed by atoms with Gasteiger partial charge in [-0.1, -0.05) is 48.5 Å². The predicted molar refractivity (Wildman–Crippen MR) is 126 cm³/mol. The van der Waals surface area contributed by atoms with E-state index < -0.39 is 11.9 Å².